The fourth-order valence-corrected chi connectivity index (χ4v) is 3.18. The van der Waals surface area contributed by atoms with Crippen molar-refractivity contribution >= 4 is 5.97 Å². The molecule has 0 aromatic carbocycles. The van der Waals surface area contributed by atoms with Gasteiger partial charge in [0.25, 0.3) is 0 Å². The summed E-state index contributed by atoms with van der Waals surface area (Å²) in [5.74, 6) is -0.576. The van der Waals surface area contributed by atoms with Crippen LogP contribution in [0.1, 0.15) is 32.6 Å². The Kier molecular flexibility index (Phi) is 4.05. The number of aliphatic carboxylic acids is 1. The minimum atomic E-state index is -0.576. The molecule has 1 heterocycles. The van der Waals surface area contributed by atoms with Crippen molar-refractivity contribution in [3.63, 3.8) is 0 Å². The van der Waals surface area contributed by atoms with Crippen LogP contribution in [0, 0.1) is 5.41 Å². The number of piperazine rings is 1. The number of carbonyl (C=O) groups is 1. The molecular formula is C13H24N2O2. The van der Waals surface area contributed by atoms with E-state index in [2.05, 4.69) is 16.7 Å². The number of carboxylic acids is 1. The molecule has 17 heavy (non-hydrogen) atoms. The minimum absolute atomic E-state index is 0.436. The summed E-state index contributed by atoms with van der Waals surface area (Å²) >= 11 is 0. The molecule has 2 rings (SSSR count). The summed E-state index contributed by atoms with van der Waals surface area (Å²) in [5, 5.41) is 9.46. The molecule has 0 aromatic rings. The highest BCUT2D eigenvalue weighted by molar-refractivity contribution is 5.75. The largest absolute Gasteiger partial charge is 0.481 e. The minimum Gasteiger partial charge on any atom is -0.481 e. The van der Waals surface area contributed by atoms with Crippen molar-refractivity contribution in [2.45, 2.75) is 32.6 Å². The summed E-state index contributed by atoms with van der Waals surface area (Å²) in [6.07, 6.45) is 3.91. The first-order valence-corrected chi connectivity index (χ1v) is 6.84. The highest BCUT2D eigenvalue weighted by Gasteiger charge is 2.42. The second kappa shape index (κ2) is 5.36. The van der Waals surface area contributed by atoms with Crippen molar-refractivity contribution in [1.29, 1.82) is 0 Å². The molecule has 2 aliphatic rings. The SMILES string of the molecule is CCN1CCN(CC2(C(=O)O)CCCC2)CC1. The van der Waals surface area contributed by atoms with Crippen LogP contribution in [0.4, 0.5) is 0 Å². The van der Waals surface area contributed by atoms with E-state index >= 15 is 0 Å². The van der Waals surface area contributed by atoms with Gasteiger partial charge in [0.2, 0.25) is 0 Å². The lowest BCUT2D eigenvalue weighted by atomic mass is 9.85. The van der Waals surface area contributed by atoms with Crippen LogP contribution in [0.3, 0.4) is 0 Å². The van der Waals surface area contributed by atoms with E-state index in [-0.39, 0.29) is 0 Å². The normalized spacial score (nSPS) is 26.2. The predicted molar refractivity (Wildman–Crippen MR) is 67.1 cm³/mol. The highest BCUT2D eigenvalue weighted by Crippen LogP contribution is 2.39. The topological polar surface area (TPSA) is 43.8 Å². The number of carboxylic acid groups (broad SMARTS) is 1. The van der Waals surface area contributed by atoms with Crippen molar-refractivity contribution in [3.05, 3.63) is 0 Å². The molecule has 1 aliphatic carbocycles. The first-order valence-electron chi connectivity index (χ1n) is 6.84. The molecule has 0 amide bonds. The summed E-state index contributed by atoms with van der Waals surface area (Å²) in [4.78, 5) is 16.3. The van der Waals surface area contributed by atoms with E-state index < -0.39 is 11.4 Å². The maximum atomic E-state index is 11.5. The molecule has 1 saturated heterocycles. The number of hydrogen-bond acceptors (Lipinski definition) is 3. The molecule has 0 aromatic heterocycles. The lowest BCUT2D eigenvalue weighted by molar-refractivity contribution is -0.150. The smallest absolute Gasteiger partial charge is 0.310 e. The van der Waals surface area contributed by atoms with E-state index in [1.807, 2.05) is 0 Å². The van der Waals surface area contributed by atoms with Crippen molar-refractivity contribution in [1.82, 2.24) is 9.80 Å². The van der Waals surface area contributed by atoms with Crippen LogP contribution >= 0.6 is 0 Å². The molecule has 98 valence electrons. The molecular weight excluding hydrogens is 216 g/mol. The third kappa shape index (κ3) is 2.80. The first kappa shape index (κ1) is 12.8. The number of hydrogen-bond donors (Lipinski definition) is 1. The Morgan fingerprint density at radius 2 is 1.65 bits per heavy atom. The average molecular weight is 240 g/mol. The fraction of sp³-hybridized carbons (Fsp3) is 0.923. The molecule has 0 radical (unpaired) electrons. The molecule has 1 saturated carbocycles. The van der Waals surface area contributed by atoms with Crippen molar-refractivity contribution < 1.29 is 9.90 Å². The van der Waals surface area contributed by atoms with Gasteiger partial charge < -0.3 is 10.0 Å². The number of likely N-dealkylation sites (N-methyl/N-ethyl adjacent to an activating group) is 1. The van der Waals surface area contributed by atoms with Crippen LogP contribution < -0.4 is 0 Å². The van der Waals surface area contributed by atoms with Gasteiger partial charge in [-0.05, 0) is 19.4 Å². The molecule has 0 unspecified atom stereocenters. The van der Waals surface area contributed by atoms with E-state index in [4.69, 9.17) is 0 Å². The van der Waals surface area contributed by atoms with Crippen LogP contribution in [0.15, 0.2) is 0 Å². The van der Waals surface area contributed by atoms with Gasteiger partial charge in [-0.3, -0.25) is 9.69 Å². The zero-order valence-corrected chi connectivity index (χ0v) is 10.8. The molecule has 1 N–H and O–H groups in total. The zero-order valence-electron chi connectivity index (χ0n) is 10.8. The summed E-state index contributed by atoms with van der Waals surface area (Å²) in [6, 6.07) is 0. The monoisotopic (exact) mass is 240 g/mol. The second-order valence-electron chi connectivity index (χ2n) is 5.50. The van der Waals surface area contributed by atoms with E-state index in [9.17, 15) is 9.90 Å². The van der Waals surface area contributed by atoms with Crippen LogP contribution in [0.5, 0.6) is 0 Å². The maximum Gasteiger partial charge on any atom is 0.310 e. The second-order valence-corrected chi connectivity index (χ2v) is 5.50. The van der Waals surface area contributed by atoms with Gasteiger partial charge in [0.15, 0.2) is 0 Å². The van der Waals surface area contributed by atoms with Crippen LogP contribution in [0.2, 0.25) is 0 Å². The summed E-state index contributed by atoms with van der Waals surface area (Å²) in [7, 11) is 0. The van der Waals surface area contributed by atoms with Gasteiger partial charge in [-0.1, -0.05) is 19.8 Å². The van der Waals surface area contributed by atoms with Crippen LogP contribution in [-0.4, -0.2) is 60.1 Å². The first-order chi connectivity index (χ1) is 8.16. The molecule has 4 heteroatoms. The average Bonchev–Trinajstić information content (AvgIpc) is 2.80. The number of nitrogens with zero attached hydrogens (tertiary/aromatic N) is 2. The molecule has 1 aliphatic heterocycles. The molecule has 4 nitrogen and oxygen atoms in total. The van der Waals surface area contributed by atoms with Crippen molar-refractivity contribution in [2.75, 3.05) is 39.3 Å². The summed E-state index contributed by atoms with van der Waals surface area (Å²) in [6.45, 7) is 8.30. The summed E-state index contributed by atoms with van der Waals surface area (Å²) in [5.41, 5.74) is -0.436. The third-order valence-electron chi connectivity index (χ3n) is 4.45. The Morgan fingerprint density at radius 3 is 2.12 bits per heavy atom. The lowest BCUT2D eigenvalue weighted by Crippen LogP contribution is -2.50. The van der Waals surface area contributed by atoms with Gasteiger partial charge in [0.05, 0.1) is 5.41 Å². The standard InChI is InChI=1S/C13H24N2O2/c1-2-14-7-9-15(10-8-14)11-13(12(16)17)5-3-4-6-13/h2-11H2,1H3,(H,16,17). The predicted octanol–water partition coefficient (Wildman–Crippen LogP) is 1.27. The van der Waals surface area contributed by atoms with Crippen molar-refractivity contribution in [3.8, 4) is 0 Å². The van der Waals surface area contributed by atoms with E-state index in [1.165, 1.54) is 0 Å². The molecule has 0 atom stereocenters. The Bertz CT molecular complexity index is 267. The van der Waals surface area contributed by atoms with Gasteiger partial charge >= 0.3 is 5.97 Å². The fourth-order valence-electron chi connectivity index (χ4n) is 3.18. The molecule has 0 bridgehead atoms. The van der Waals surface area contributed by atoms with Gasteiger partial charge in [-0.25, -0.2) is 0 Å². The van der Waals surface area contributed by atoms with Crippen LogP contribution in [0.25, 0.3) is 0 Å². The highest BCUT2D eigenvalue weighted by atomic mass is 16.4. The number of rotatable bonds is 4. The lowest BCUT2D eigenvalue weighted by Gasteiger charge is -2.38. The molecule has 2 fully saturated rings. The quantitative estimate of drug-likeness (QED) is 0.803. The Labute approximate surface area is 104 Å². The van der Waals surface area contributed by atoms with E-state index in [0.29, 0.717) is 0 Å². The third-order valence-corrected chi connectivity index (χ3v) is 4.45. The van der Waals surface area contributed by atoms with Gasteiger partial charge in [0, 0.05) is 32.7 Å². The Hall–Kier alpha value is -0.610. The van der Waals surface area contributed by atoms with E-state index in [0.717, 1.165) is 65.0 Å². The Morgan fingerprint density at radius 1 is 1.12 bits per heavy atom. The molecule has 0 spiro atoms. The van der Waals surface area contributed by atoms with Gasteiger partial charge in [0.1, 0.15) is 0 Å². The van der Waals surface area contributed by atoms with Crippen molar-refractivity contribution in [2.24, 2.45) is 5.41 Å². The van der Waals surface area contributed by atoms with Crippen LogP contribution in [-0.2, 0) is 4.79 Å². The maximum absolute atomic E-state index is 11.5. The van der Waals surface area contributed by atoms with E-state index in [1.54, 1.807) is 0 Å². The zero-order chi connectivity index (χ0) is 12.3. The van der Waals surface area contributed by atoms with Gasteiger partial charge in [-0.15, -0.1) is 0 Å². The van der Waals surface area contributed by atoms with Gasteiger partial charge in [-0.2, -0.15) is 0 Å². The Balaban J connectivity index is 1.89. The summed E-state index contributed by atoms with van der Waals surface area (Å²) < 4.78 is 0.